The minimum Gasteiger partial charge on any atom is -0.308 e. The Morgan fingerprint density at radius 1 is 1.11 bits per heavy atom. The van der Waals surface area contributed by atoms with Gasteiger partial charge in [-0.25, -0.2) is 22.5 Å². The van der Waals surface area contributed by atoms with Gasteiger partial charge in [0, 0.05) is 19.0 Å². The van der Waals surface area contributed by atoms with Gasteiger partial charge in [0.25, 0.3) is 5.56 Å². The van der Waals surface area contributed by atoms with E-state index in [1.165, 1.54) is 22.5 Å². The van der Waals surface area contributed by atoms with Crippen LogP contribution in [0.4, 0.5) is 4.39 Å². The molecule has 1 aliphatic rings. The molecular formula is C24H25FN6O3S. The van der Waals surface area contributed by atoms with Crippen molar-refractivity contribution in [2.24, 2.45) is 0 Å². The molecule has 0 radical (unpaired) electrons. The molecule has 1 saturated heterocycles. The van der Waals surface area contributed by atoms with Crippen molar-refractivity contribution in [3.05, 3.63) is 81.2 Å². The van der Waals surface area contributed by atoms with Crippen molar-refractivity contribution in [3.8, 4) is 0 Å². The highest BCUT2D eigenvalue weighted by Crippen LogP contribution is 2.29. The topological polar surface area (TPSA) is 114 Å². The molecule has 1 N–H and O–H groups in total. The quantitative estimate of drug-likeness (QED) is 0.455. The van der Waals surface area contributed by atoms with E-state index in [-0.39, 0.29) is 35.0 Å². The Morgan fingerprint density at radius 3 is 2.63 bits per heavy atom. The van der Waals surface area contributed by atoms with Gasteiger partial charge in [-0.1, -0.05) is 35.0 Å². The fraction of sp³-hybridized carbons (Fsp3) is 0.333. The number of rotatable bonds is 5. The van der Waals surface area contributed by atoms with Crippen molar-refractivity contribution in [1.82, 2.24) is 29.3 Å². The zero-order valence-electron chi connectivity index (χ0n) is 19.4. The number of aryl methyl sites for hydroxylation is 2. The number of fused-ring (bicyclic) bond motifs is 1. The van der Waals surface area contributed by atoms with Crippen LogP contribution in [0.25, 0.3) is 11.2 Å². The maximum absolute atomic E-state index is 13.6. The van der Waals surface area contributed by atoms with Crippen LogP contribution in [0, 0.1) is 19.7 Å². The van der Waals surface area contributed by atoms with E-state index in [1.54, 1.807) is 4.68 Å². The minimum absolute atomic E-state index is 0.0645. The Labute approximate surface area is 201 Å². The third-order valence-corrected chi connectivity index (χ3v) is 8.39. The van der Waals surface area contributed by atoms with Gasteiger partial charge >= 0.3 is 0 Å². The predicted octanol–water partition coefficient (Wildman–Crippen LogP) is 2.89. The van der Waals surface area contributed by atoms with Gasteiger partial charge in [-0.3, -0.25) is 4.79 Å². The highest BCUT2D eigenvalue weighted by atomic mass is 32.2. The summed E-state index contributed by atoms with van der Waals surface area (Å²) in [6, 6.07) is 11.2. The first-order valence-electron chi connectivity index (χ1n) is 11.4. The second kappa shape index (κ2) is 8.97. The van der Waals surface area contributed by atoms with Crippen LogP contribution in [0.1, 0.15) is 41.3 Å². The summed E-state index contributed by atoms with van der Waals surface area (Å²) in [5, 5.41) is 8.19. The van der Waals surface area contributed by atoms with Crippen LogP contribution >= 0.6 is 0 Å². The molecule has 35 heavy (non-hydrogen) atoms. The highest BCUT2D eigenvalue weighted by Gasteiger charge is 2.31. The standard InChI is InChI=1S/C24H25FN6O3S/c1-15-6-7-16(2)18(12-15)14-31-23-21(28-29-31)24(32)27-22(26-23)17-8-10-30(11-9-17)35(33,34)20-5-3-4-19(25)13-20/h3-7,12-13,17H,8-11,14H2,1-2H3,(H,26,27,32). The van der Waals surface area contributed by atoms with Gasteiger partial charge in [0.1, 0.15) is 11.6 Å². The fourth-order valence-corrected chi connectivity index (χ4v) is 5.96. The van der Waals surface area contributed by atoms with Crippen molar-refractivity contribution in [2.45, 2.75) is 44.0 Å². The maximum Gasteiger partial charge on any atom is 0.281 e. The molecule has 3 heterocycles. The van der Waals surface area contributed by atoms with E-state index in [9.17, 15) is 17.6 Å². The Hall–Kier alpha value is -3.44. The van der Waals surface area contributed by atoms with Crippen molar-refractivity contribution in [1.29, 1.82) is 0 Å². The lowest BCUT2D eigenvalue weighted by Crippen LogP contribution is -2.38. The number of aromatic amines is 1. The molecule has 1 aliphatic heterocycles. The van der Waals surface area contributed by atoms with E-state index in [4.69, 9.17) is 0 Å². The van der Waals surface area contributed by atoms with Crippen LogP contribution in [-0.2, 0) is 16.6 Å². The predicted molar refractivity (Wildman–Crippen MR) is 128 cm³/mol. The summed E-state index contributed by atoms with van der Waals surface area (Å²) in [6.45, 7) is 4.95. The third kappa shape index (κ3) is 4.48. The molecule has 9 nitrogen and oxygen atoms in total. The Bertz CT molecular complexity index is 1570. The van der Waals surface area contributed by atoms with Crippen LogP contribution in [0.15, 0.2) is 52.2 Å². The zero-order valence-corrected chi connectivity index (χ0v) is 20.2. The molecule has 0 saturated carbocycles. The molecule has 182 valence electrons. The van der Waals surface area contributed by atoms with Crippen molar-refractivity contribution in [2.75, 3.05) is 13.1 Å². The molecule has 0 bridgehead atoms. The summed E-state index contributed by atoms with van der Waals surface area (Å²) in [5.41, 5.74) is 3.51. The van der Waals surface area contributed by atoms with Crippen molar-refractivity contribution >= 4 is 21.2 Å². The molecule has 0 unspecified atom stereocenters. The van der Waals surface area contributed by atoms with Crippen molar-refractivity contribution < 1.29 is 12.8 Å². The van der Waals surface area contributed by atoms with Gasteiger partial charge in [-0.15, -0.1) is 5.10 Å². The van der Waals surface area contributed by atoms with Crippen LogP contribution < -0.4 is 5.56 Å². The average Bonchev–Trinajstić information content (AvgIpc) is 3.25. The SMILES string of the molecule is Cc1ccc(C)c(Cn2nnc3c(=O)[nH]c(C4CCN(S(=O)(=O)c5cccc(F)c5)CC4)nc32)c1. The lowest BCUT2D eigenvalue weighted by atomic mass is 9.97. The number of sulfonamides is 1. The number of piperidine rings is 1. The van der Waals surface area contributed by atoms with E-state index in [0.717, 1.165) is 22.8 Å². The number of halogens is 1. The molecule has 0 spiro atoms. The molecule has 0 aliphatic carbocycles. The molecule has 5 rings (SSSR count). The van der Waals surface area contributed by atoms with Crippen LogP contribution in [0.5, 0.6) is 0 Å². The zero-order chi connectivity index (χ0) is 24.7. The van der Waals surface area contributed by atoms with Gasteiger partial charge in [-0.05, 0) is 56.0 Å². The van der Waals surface area contributed by atoms with Gasteiger partial charge in [-0.2, -0.15) is 4.31 Å². The average molecular weight is 497 g/mol. The second-order valence-electron chi connectivity index (χ2n) is 8.94. The molecular weight excluding hydrogens is 471 g/mol. The van der Waals surface area contributed by atoms with Crippen LogP contribution in [-0.4, -0.2) is 50.8 Å². The second-order valence-corrected chi connectivity index (χ2v) is 10.9. The van der Waals surface area contributed by atoms with Crippen LogP contribution in [0.2, 0.25) is 0 Å². The molecule has 11 heteroatoms. The number of benzene rings is 2. The number of nitrogens with zero attached hydrogens (tertiary/aromatic N) is 5. The number of nitrogens with one attached hydrogen (secondary N) is 1. The smallest absolute Gasteiger partial charge is 0.281 e. The summed E-state index contributed by atoms with van der Waals surface area (Å²) >= 11 is 0. The molecule has 1 fully saturated rings. The molecule has 0 atom stereocenters. The lowest BCUT2D eigenvalue weighted by Gasteiger charge is -2.30. The van der Waals surface area contributed by atoms with Gasteiger partial charge < -0.3 is 4.98 Å². The number of hydrogen-bond donors (Lipinski definition) is 1. The number of H-pyrrole nitrogens is 1. The third-order valence-electron chi connectivity index (χ3n) is 6.49. The first-order chi connectivity index (χ1) is 16.7. The highest BCUT2D eigenvalue weighted by molar-refractivity contribution is 7.89. The van der Waals surface area contributed by atoms with E-state index < -0.39 is 15.8 Å². The largest absolute Gasteiger partial charge is 0.308 e. The number of aromatic nitrogens is 5. The van der Waals surface area contributed by atoms with E-state index in [1.807, 2.05) is 26.0 Å². The van der Waals surface area contributed by atoms with E-state index in [2.05, 4.69) is 26.3 Å². The molecule has 2 aromatic heterocycles. The summed E-state index contributed by atoms with van der Waals surface area (Å²) in [6.07, 6.45) is 0.948. The van der Waals surface area contributed by atoms with E-state index in [0.29, 0.717) is 30.9 Å². The monoisotopic (exact) mass is 496 g/mol. The number of hydrogen-bond acceptors (Lipinski definition) is 6. The minimum atomic E-state index is -3.80. The summed E-state index contributed by atoms with van der Waals surface area (Å²) in [4.78, 5) is 20.2. The summed E-state index contributed by atoms with van der Waals surface area (Å²) < 4.78 is 42.4. The maximum atomic E-state index is 13.6. The molecule has 0 amide bonds. The van der Waals surface area contributed by atoms with Crippen molar-refractivity contribution in [3.63, 3.8) is 0 Å². The fourth-order valence-electron chi connectivity index (χ4n) is 4.46. The Kier molecular flexibility index (Phi) is 5.97. The van der Waals surface area contributed by atoms with Crippen LogP contribution in [0.3, 0.4) is 0 Å². The Morgan fingerprint density at radius 2 is 1.89 bits per heavy atom. The lowest BCUT2D eigenvalue weighted by molar-refractivity contribution is 0.313. The summed E-state index contributed by atoms with van der Waals surface area (Å²) in [5.74, 6) is -0.230. The summed E-state index contributed by atoms with van der Waals surface area (Å²) in [7, 11) is -3.80. The van der Waals surface area contributed by atoms with Gasteiger partial charge in [0.05, 0.1) is 11.4 Å². The van der Waals surface area contributed by atoms with E-state index >= 15 is 0 Å². The first kappa shape index (κ1) is 23.3. The normalized spacial score (nSPS) is 15.6. The first-order valence-corrected chi connectivity index (χ1v) is 12.8. The molecule has 2 aromatic carbocycles. The van der Waals surface area contributed by atoms with Gasteiger partial charge in [0.15, 0.2) is 11.2 Å². The van der Waals surface area contributed by atoms with Gasteiger partial charge in [0.2, 0.25) is 10.0 Å². The molecule has 4 aromatic rings. The Balaban J connectivity index is 1.39.